The number of aliphatic hydroxyl groups is 1. The average molecular weight is 233 g/mol. The van der Waals surface area contributed by atoms with E-state index in [1.807, 2.05) is 18.2 Å². The Hall–Kier alpha value is -1.39. The van der Waals surface area contributed by atoms with Crippen LogP contribution < -0.4 is 0 Å². The number of amides is 1. The largest absolute Gasteiger partial charge is 0.391 e. The molecule has 1 unspecified atom stereocenters. The third-order valence-corrected chi connectivity index (χ3v) is 3.42. The number of fused-ring (bicyclic) bond motifs is 1. The Morgan fingerprint density at radius 3 is 2.94 bits per heavy atom. The highest BCUT2D eigenvalue weighted by Gasteiger charge is 2.26. The van der Waals surface area contributed by atoms with Crippen molar-refractivity contribution < 1.29 is 14.6 Å². The van der Waals surface area contributed by atoms with Gasteiger partial charge in [0.25, 0.3) is 5.91 Å². The summed E-state index contributed by atoms with van der Waals surface area (Å²) in [5.41, 5.74) is 2.97. The van der Waals surface area contributed by atoms with Gasteiger partial charge >= 0.3 is 0 Å². The summed E-state index contributed by atoms with van der Waals surface area (Å²) in [7, 11) is 0. The fourth-order valence-corrected chi connectivity index (χ4v) is 2.41. The van der Waals surface area contributed by atoms with E-state index in [-0.39, 0.29) is 12.0 Å². The van der Waals surface area contributed by atoms with Gasteiger partial charge in [-0.2, -0.15) is 0 Å². The van der Waals surface area contributed by atoms with E-state index in [9.17, 15) is 9.90 Å². The van der Waals surface area contributed by atoms with Crippen LogP contribution in [0.4, 0.5) is 0 Å². The number of rotatable bonds is 1. The predicted molar refractivity (Wildman–Crippen MR) is 61.5 cm³/mol. The zero-order valence-electron chi connectivity index (χ0n) is 9.56. The third-order valence-electron chi connectivity index (χ3n) is 3.42. The number of carbonyl (C=O) groups excluding carboxylic acids is 1. The van der Waals surface area contributed by atoms with Crippen LogP contribution in [0.25, 0.3) is 0 Å². The summed E-state index contributed by atoms with van der Waals surface area (Å²) in [6, 6.07) is 5.72. The van der Waals surface area contributed by atoms with Crippen molar-refractivity contribution in [3.8, 4) is 0 Å². The summed E-state index contributed by atoms with van der Waals surface area (Å²) in [4.78, 5) is 13.9. The maximum Gasteiger partial charge on any atom is 0.253 e. The first kappa shape index (κ1) is 10.7. The Kier molecular flexibility index (Phi) is 2.61. The van der Waals surface area contributed by atoms with Gasteiger partial charge in [0.05, 0.1) is 19.3 Å². The molecule has 17 heavy (non-hydrogen) atoms. The molecule has 0 saturated carbocycles. The number of β-amino-alcohol motifs (C(OH)–C–C–N with tert-alkyl or cyclic N) is 1. The van der Waals surface area contributed by atoms with E-state index in [0.717, 1.165) is 5.56 Å². The smallest absolute Gasteiger partial charge is 0.253 e. The van der Waals surface area contributed by atoms with Crippen LogP contribution in [0.1, 0.15) is 27.9 Å². The Morgan fingerprint density at radius 2 is 2.18 bits per heavy atom. The molecule has 0 bridgehead atoms. The van der Waals surface area contributed by atoms with Crippen molar-refractivity contribution in [2.45, 2.75) is 25.7 Å². The molecule has 3 rings (SSSR count). The van der Waals surface area contributed by atoms with Crippen LogP contribution >= 0.6 is 0 Å². The van der Waals surface area contributed by atoms with Crippen LogP contribution in [-0.2, 0) is 18.0 Å². The van der Waals surface area contributed by atoms with Gasteiger partial charge in [-0.3, -0.25) is 4.79 Å². The Balaban J connectivity index is 1.82. The molecule has 0 aliphatic carbocycles. The number of nitrogens with zero attached hydrogens (tertiary/aromatic N) is 1. The van der Waals surface area contributed by atoms with E-state index < -0.39 is 0 Å². The van der Waals surface area contributed by atoms with Gasteiger partial charge in [-0.05, 0) is 29.7 Å². The van der Waals surface area contributed by atoms with Crippen LogP contribution in [0, 0.1) is 0 Å². The summed E-state index contributed by atoms with van der Waals surface area (Å²) in [6.45, 7) is 2.34. The normalized spacial score (nSPS) is 22.9. The number of aliphatic hydroxyl groups excluding tert-OH is 1. The zero-order valence-corrected chi connectivity index (χ0v) is 9.56. The first-order chi connectivity index (χ1) is 8.24. The highest BCUT2D eigenvalue weighted by molar-refractivity contribution is 5.94. The number of ether oxygens (including phenoxy) is 1. The van der Waals surface area contributed by atoms with Gasteiger partial charge in [0.15, 0.2) is 0 Å². The maximum atomic E-state index is 12.2. The average Bonchev–Trinajstić information content (AvgIpc) is 2.95. The van der Waals surface area contributed by atoms with E-state index in [0.29, 0.717) is 38.3 Å². The van der Waals surface area contributed by atoms with E-state index in [1.165, 1.54) is 5.56 Å². The molecule has 2 aliphatic heterocycles. The number of carbonyl (C=O) groups is 1. The second-order valence-corrected chi connectivity index (χ2v) is 4.67. The number of benzene rings is 1. The lowest BCUT2D eigenvalue weighted by atomic mass is 10.1. The van der Waals surface area contributed by atoms with Crippen molar-refractivity contribution in [2.75, 3.05) is 13.1 Å². The molecule has 4 nitrogen and oxygen atoms in total. The summed E-state index contributed by atoms with van der Waals surface area (Å²) in [5, 5.41) is 9.44. The lowest BCUT2D eigenvalue weighted by Crippen LogP contribution is -2.29. The standard InChI is InChI=1S/C13H15NO3/c15-12-3-4-14(6-12)13(16)9-1-2-10-7-17-8-11(10)5-9/h1-2,5,12,15H,3-4,6-8H2. The Bertz CT molecular complexity index is 458. The molecule has 0 spiro atoms. The quantitative estimate of drug-likeness (QED) is 0.784. The van der Waals surface area contributed by atoms with Crippen molar-refractivity contribution >= 4 is 5.91 Å². The first-order valence-corrected chi connectivity index (χ1v) is 5.91. The van der Waals surface area contributed by atoms with Crippen molar-refractivity contribution in [1.82, 2.24) is 4.90 Å². The molecule has 0 radical (unpaired) electrons. The van der Waals surface area contributed by atoms with Crippen LogP contribution in [0.5, 0.6) is 0 Å². The molecular formula is C13H15NO3. The molecule has 1 amide bonds. The molecule has 1 N–H and O–H groups in total. The van der Waals surface area contributed by atoms with Gasteiger partial charge in [-0.1, -0.05) is 6.07 Å². The van der Waals surface area contributed by atoms with Gasteiger partial charge < -0.3 is 14.7 Å². The molecule has 1 aromatic rings. The second kappa shape index (κ2) is 4.13. The van der Waals surface area contributed by atoms with Crippen molar-refractivity contribution in [1.29, 1.82) is 0 Å². The lowest BCUT2D eigenvalue weighted by Gasteiger charge is -2.15. The molecule has 1 aromatic carbocycles. The highest BCUT2D eigenvalue weighted by Crippen LogP contribution is 2.22. The molecule has 2 heterocycles. The molecule has 1 saturated heterocycles. The fraction of sp³-hybridized carbons (Fsp3) is 0.462. The van der Waals surface area contributed by atoms with Crippen LogP contribution in [0.3, 0.4) is 0 Å². The van der Waals surface area contributed by atoms with Crippen molar-refractivity contribution in [2.24, 2.45) is 0 Å². The van der Waals surface area contributed by atoms with Gasteiger partial charge in [0.1, 0.15) is 0 Å². The molecule has 1 atom stereocenters. The van der Waals surface area contributed by atoms with Gasteiger partial charge in [0, 0.05) is 18.7 Å². The molecule has 1 fully saturated rings. The first-order valence-electron chi connectivity index (χ1n) is 5.91. The number of likely N-dealkylation sites (tertiary alicyclic amines) is 1. The topological polar surface area (TPSA) is 49.8 Å². The molecule has 4 heteroatoms. The molecule has 90 valence electrons. The Morgan fingerprint density at radius 1 is 1.35 bits per heavy atom. The summed E-state index contributed by atoms with van der Waals surface area (Å²) >= 11 is 0. The fourth-order valence-electron chi connectivity index (χ4n) is 2.41. The molecule has 2 aliphatic rings. The van der Waals surface area contributed by atoms with E-state index in [4.69, 9.17) is 4.74 Å². The maximum absolute atomic E-state index is 12.2. The van der Waals surface area contributed by atoms with Crippen molar-refractivity contribution in [3.05, 3.63) is 34.9 Å². The minimum Gasteiger partial charge on any atom is -0.391 e. The SMILES string of the molecule is O=C(c1ccc2c(c1)COC2)N1CCC(O)C1. The highest BCUT2D eigenvalue weighted by atomic mass is 16.5. The number of hydrogen-bond acceptors (Lipinski definition) is 3. The predicted octanol–water partition coefficient (Wildman–Crippen LogP) is 0.924. The second-order valence-electron chi connectivity index (χ2n) is 4.67. The minimum atomic E-state index is -0.364. The van der Waals surface area contributed by atoms with Gasteiger partial charge in [-0.15, -0.1) is 0 Å². The van der Waals surface area contributed by atoms with E-state index in [2.05, 4.69) is 0 Å². The summed E-state index contributed by atoms with van der Waals surface area (Å²) in [6.07, 6.45) is 0.316. The minimum absolute atomic E-state index is 0.0104. The van der Waals surface area contributed by atoms with Gasteiger partial charge in [-0.25, -0.2) is 0 Å². The van der Waals surface area contributed by atoms with Crippen LogP contribution in [0.15, 0.2) is 18.2 Å². The van der Waals surface area contributed by atoms with Crippen LogP contribution in [-0.4, -0.2) is 35.1 Å². The van der Waals surface area contributed by atoms with E-state index >= 15 is 0 Å². The molecular weight excluding hydrogens is 218 g/mol. The monoisotopic (exact) mass is 233 g/mol. The number of hydrogen-bond donors (Lipinski definition) is 1. The van der Waals surface area contributed by atoms with Crippen molar-refractivity contribution in [3.63, 3.8) is 0 Å². The molecule has 0 aromatic heterocycles. The van der Waals surface area contributed by atoms with Crippen LogP contribution in [0.2, 0.25) is 0 Å². The zero-order chi connectivity index (χ0) is 11.8. The van der Waals surface area contributed by atoms with E-state index in [1.54, 1.807) is 4.90 Å². The summed E-state index contributed by atoms with van der Waals surface area (Å²) in [5.74, 6) is 0.0104. The summed E-state index contributed by atoms with van der Waals surface area (Å²) < 4.78 is 5.33. The van der Waals surface area contributed by atoms with Gasteiger partial charge in [0.2, 0.25) is 0 Å². The Labute approximate surface area is 99.8 Å². The third kappa shape index (κ3) is 1.94. The lowest BCUT2D eigenvalue weighted by molar-refractivity contribution is 0.0765.